The van der Waals surface area contributed by atoms with Gasteiger partial charge in [0, 0.05) is 10.5 Å². The lowest BCUT2D eigenvalue weighted by Gasteiger charge is -2.10. The topological polar surface area (TPSA) is 35.5 Å². The molecule has 4 heteroatoms. The van der Waals surface area contributed by atoms with Gasteiger partial charge in [-0.05, 0) is 29.8 Å². The first kappa shape index (κ1) is 13.6. The Balaban J connectivity index is 2.16. The van der Waals surface area contributed by atoms with Crippen LogP contribution < -0.4 is 9.47 Å². The third kappa shape index (κ3) is 3.58. The van der Waals surface area contributed by atoms with E-state index in [0.717, 1.165) is 16.3 Å². The molecule has 3 nitrogen and oxygen atoms in total. The maximum absolute atomic E-state index is 11.0. The predicted molar refractivity (Wildman–Crippen MR) is 76.9 cm³/mol. The number of aldehydes is 1. The standard InChI is InChI=1S/C15H13BrO3/c1-18-14-6-5-12(9-17)15(8-14)19-10-11-3-2-4-13(16)7-11/h2-9H,10H2,1H3. The van der Waals surface area contributed by atoms with Crippen molar-refractivity contribution in [2.75, 3.05) is 7.11 Å². The van der Waals surface area contributed by atoms with Gasteiger partial charge in [-0.25, -0.2) is 0 Å². The summed E-state index contributed by atoms with van der Waals surface area (Å²) in [5.74, 6) is 1.18. The van der Waals surface area contributed by atoms with Crippen LogP contribution in [-0.4, -0.2) is 13.4 Å². The van der Waals surface area contributed by atoms with Crippen molar-refractivity contribution in [3.05, 3.63) is 58.1 Å². The quantitative estimate of drug-likeness (QED) is 0.785. The van der Waals surface area contributed by atoms with Crippen LogP contribution in [0.4, 0.5) is 0 Å². The molecule has 0 atom stereocenters. The Bertz CT molecular complexity index is 581. The van der Waals surface area contributed by atoms with Gasteiger partial charge in [0.05, 0.1) is 12.7 Å². The van der Waals surface area contributed by atoms with Gasteiger partial charge in [-0.1, -0.05) is 28.1 Å². The normalized spacial score (nSPS) is 10.0. The van der Waals surface area contributed by atoms with E-state index >= 15 is 0 Å². The number of carbonyl (C=O) groups excluding carboxylic acids is 1. The molecule has 0 aliphatic carbocycles. The summed E-state index contributed by atoms with van der Waals surface area (Å²) < 4.78 is 11.8. The highest BCUT2D eigenvalue weighted by Crippen LogP contribution is 2.24. The van der Waals surface area contributed by atoms with Gasteiger partial charge in [-0.15, -0.1) is 0 Å². The van der Waals surface area contributed by atoms with Crippen molar-refractivity contribution in [2.45, 2.75) is 6.61 Å². The maximum Gasteiger partial charge on any atom is 0.153 e. The minimum Gasteiger partial charge on any atom is -0.497 e. The van der Waals surface area contributed by atoms with Gasteiger partial charge in [-0.2, -0.15) is 0 Å². The summed E-state index contributed by atoms with van der Waals surface area (Å²) >= 11 is 3.41. The molecule has 0 unspecified atom stereocenters. The molecule has 0 saturated carbocycles. The highest BCUT2D eigenvalue weighted by atomic mass is 79.9. The van der Waals surface area contributed by atoms with Gasteiger partial charge in [0.25, 0.3) is 0 Å². The lowest BCUT2D eigenvalue weighted by Crippen LogP contribution is -1.99. The highest BCUT2D eigenvalue weighted by Gasteiger charge is 2.05. The van der Waals surface area contributed by atoms with Crippen LogP contribution in [0.2, 0.25) is 0 Å². The zero-order valence-electron chi connectivity index (χ0n) is 10.4. The van der Waals surface area contributed by atoms with Gasteiger partial charge in [0.1, 0.15) is 18.1 Å². The number of ether oxygens (including phenoxy) is 2. The van der Waals surface area contributed by atoms with E-state index in [-0.39, 0.29) is 0 Å². The average molecular weight is 321 g/mol. The van der Waals surface area contributed by atoms with Gasteiger partial charge in [-0.3, -0.25) is 4.79 Å². The summed E-state index contributed by atoms with van der Waals surface area (Å²) in [5.41, 5.74) is 1.53. The number of rotatable bonds is 5. The Morgan fingerprint density at radius 2 is 2.05 bits per heavy atom. The Hall–Kier alpha value is -1.81. The van der Waals surface area contributed by atoms with E-state index in [1.54, 1.807) is 25.3 Å². The first-order valence-electron chi connectivity index (χ1n) is 5.73. The first-order valence-corrected chi connectivity index (χ1v) is 6.52. The zero-order valence-corrected chi connectivity index (χ0v) is 12.0. The largest absolute Gasteiger partial charge is 0.497 e. The smallest absolute Gasteiger partial charge is 0.153 e. The molecule has 0 aromatic heterocycles. The first-order chi connectivity index (χ1) is 9.22. The summed E-state index contributed by atoms with van der Waals surface area (Å²) in [6.45, 7) is 0.396. The SMILES string of the molecule is COc1ccc(C=O)c(OCc2cccc(Br)c2)c1. The molecule has 2 aromatic carbocycles. The lowest BCUT2D eigenvalue weighted by atomic mass is 10.2. The second-order valence-corrected chi connectivity index (χ2v) is 4.86. The average Bonchev–Trinajstić information content (AvgIpc) is 2.45. The fraction of sp³-hybridized carbons (Fsp3) is 0.133. The van der Waals surface area contributed by atoms with Crippen molar-refractivity contribution in [1.82, 2.24) is 0 Å². The number of hydrogen-bond donors (Lipinski definition) is 0. The van der Waals surface area contributed by atoms with Crippen molar-refractivity contribution in [1.29, 1.82) is 0 Å². The summed E-state index contributed by atoms with van der Waals surface area (Å²) in [4.78, 5) is 11.0. The number of methoxy groups -OCH3 is 1. The minimum absolute atomic E-state index is 0.396. The van der Waals surface area contributed by atoms with Crippen LogP contribution in [0.15, 0.2) is 46.9 Å². The molecule has 2 aromatic rings. The van der Waals surface area contributed by atoms with E-state index in [1.807, 2.05) is 24.3 Å². The Morgan fingerprint density at radius 3 is 2.74 bits per heavy atom. The minimum atomic E-state index is 0.396. The van der Waals surface area contributed by atoms with Crippen LogP contribution in [0.3, 0.4) is 0 Å². The fourth-order valence-corrected chi connectivity index (χ4v) is 2.10. The molecule has 0 N–H and O–H groups in total. The van der Waals surface area contributed by atoms with E-state index < -0.39 is 0 Å². The van der Waals surface area contributed by atoms with Gasteiger partial charge < -0.3 is 9.47 Å². The molecule has 19 heavy (non-hydrogen) atoms. The molecule has 0 saturated heterocycles. The third-order valence-electron chi connectivity index (χ3n) is 2.63. The van der Waals surface area contributed by atoms with Gasteiger partial charge in [0.15, 0.2) is 6.29 Å². The highest BCUT2D eigenvalue weighted by molar-refractivity contribution is 9.10. The zero-order chi connectivity index (χ0) is 13.7. The van der Waals surface area contributed by atoms with Crippen LogP contribution in [0.1, 0.15) is 15.9 Å². The second-order valence-electron chi connectivity index (χ2n) is 3.94. The summed E-state index contributed by atoms with van der Waals surface area (Å²) in [7, 11) is 1.58. The molecular formula is C15H13BrO3. The summed E-state index contributed by atoms with van der Waals surface area (Å²) in [6.07, 6.45) is 0.773. The van der Waals surface area contributed by atoms with E-state index in [0.29, 0.717) is 23.7 Å². The molecule has 0 spiro atoms. The van der Waals surface area contributed by atoms with Crippen molar-refractivity contribution in [3.63, 3.8) is 0 Å². The van der Waals surface area contributed by atoms with Crippen molar-refractivity contribution in [3.8, 4) is 11.5 Å². The van der Waals surface area contributed by atoms with Crippen LogP contribution >= 0.6 is 15.9 Å². The molecule has 0 radical (unpaired) electrons. The van der Waals surface area contributed by atoms with Crippen LogP contribution in [0.25, 0.3) is 0 Å². The molecule has 0 aliphatic heterocycles. The molecular weight excluding hydrogens is 308 g/mol. The predicted octanol–water partition coefficient (Wildman–Crippen LogP) is 3.85. The molecule has 2 rings (SSSR count). The Labute approximate surface area is 120 Å². The van der Waals surface area contributed by atoms with Crippen LogP contribution in [0.5, 0.6) is 11.5 Å². The summed E-state index contributed by atoms with van der Waals surface area (Å²) in [5, 5.41) is 0. The van der Waals surface area contributed by atoms with E-state index in [1.165, 1.54) is 0 Å². The number of halogens is 1. The Morgan fingerprint density at radius 1 is 1.21 bits per heavy atom. The number of carbonyl (C=O) groups is 1. The van der Waals surface area contributed by atoms with Gasteiger partial charge in [0.2, 0.25) is 0 Å². The van der Waals surface area contributed by atoms with Crippen LogP contribution in [0, 0.1) is 0 Å². The van der Waals surface area contributed by atoms with Crippen LogP contribution in [-0.2, 0) is 6.61 Å². The summed E-state index contributed by atoms with van der Waals surface area (Å²) in [6, 6.07) is 13.0. The molecule has 0 fully saturated rings. The van der Waals surface area contributed by atoms with E-state index in [9.17, 15) is 4.79 Å². The maximum atomic E-state index is 11.0. The fourth-order valence-electron chi connectivity index (χ4n) is 1.65. The second kappa shape index (κ2) is 6.38. The molecule has 0 amide bonds. The monoisotopic (exact) mass is 320 g/mol. The number of benzene rings is 2. The van der Waals surface area contributed by atoms with Crippen molar-refractivity contribution in [2.24, 2.45) is 0 Å². The Kier molecular flexibility index (Phi) is 4.58. The van der Waals surface area contributed by atoms with Crippen molar-refractivity contribution < 1.29 is 14.3 Å². The van der Waals surface area contributed by atoms with E-state index in [2.05, 4.69) is 15.9 Å². The van der Waals surface area contributed by atoms with Gasteiger partial charge >= 0.3 is 0 Å². The lowest BCUT2D eigenvalue weighted by molar-refractivity contribution is 0.111. The molecule has 98 valence electrons. The number of hydrogen-bond acceptors (Lipinski definition) is 3. The molecule has 0 heterocycles. The molecule has 0 aliphatic rings. The third-order valence-corrected chi connectivity index (χ3v) is 3.12. The molecule has 0 bridgehead atoms. The van der Waals surface area contributed by atoms with Crippen molar-refractivity contribution >= 4 is 22.2 Å². The van der Waals surface area contributed by atoms with E-state index in [4.69, 9.17) is 9.47 Å².